The van der Waals surface area contributed by atoms with Gasteiger partial charge in [0.2, 0.25) is 0 Å². The molecule has 0 unspecified atom stereocenters. The molecule has 0 aromatic heterocycles. The third-order valence-corrected chi connectivity index (χ3v) is 10.8. The van der Waals surface area contributed by atoms with E-state index in [0.717, 1.165) is 0 Å². The van der Waals surface area contributed by atoms with Crippen LogP contribution in [0.5, 0.6) is 34.5 Å². The topological polar surface area (TPSA) is 173 Å². The van der Waals surface area contributed by atoms with Crippen molar-refractivity contribution < 1.29 is 62.5 Å². The normalized spacial score (nSPS) is 11.2. The molecule has 6 rings (SSSR count). The second-order valence-electron chi connectivity index (χ2n) is 14.9. The van der Waals surface area contributed by atoms with Gasteiger partial charge in [0, 0.05) is 12.8 Å². The van der Waals surface area contributed by atoms with Crippen LogP contribution >= 0.6 is 0 Å². The predicted molar refractivity (Wildman–Crippen MR) is 240 cm³/mol. The highest BCUT2D eigenvalue weighted by Crippen LogP contribution is 2.41. The molecule has 0 atom stereocenters. The molecule has 0 amide bonds. The Morgan fingerprint density at radius 1 is 0.385 bits per heavy atom. The quantitative estimate of drug-likeness (QED) is 0.0390. The van der Waals surface area contributed by atoms with E-state index >= 15 is 0 Å². The SMILES string of the molecule is COc1ccc(C(O)(c2ccc(OC)cc2)c2cccc(OCC(=O)CCC(=O)OC(=O)CCC(=O)COc3cccc(C(O)(c4ccc(OC)cc4)c4ccc(OC)cc4)c3)c2)cc1. The van der Waals surface area contributed by atoms with Crippen LogP contribution in [-0.2, 0) is 35.1 Å². The van der Waals surface area contributed by atoms with Crippen LogP contribution in [0.4, 0.5) is 0 Å². The fourth-order valence-corrected chi connectivity index (χ4v) is 7.13. The van der Waals surface area contributed by atoms with E-state index < -0.39 is 34.7 Å². The summed E-state index contributed by atoms with van der Waals surface area (Å²) in [5.41, 5.74) is -0.0471. The second kappa shape index (κ2) is 21.7. The highest BCUT2D eigenvalue weighted by Gasteiger charge is 2.36. The van der Waals surface area contributed by atoms with Gasteiger partial charge in [0.25, 0.3) is 0 Å². The number of Topliss-reactive ketones (excluding diaryl/α,β-unsaturated/α-hetero) is 2. The molecule has 0 aliphatic heterocycles. The van der Waals surface area contributed by atoms with Crippen molar-refractivity contribution in [3.8, 4) is 34.5 Å². The molecular formula is C52H50O13. The lowest BCUT2D eigenvalue weighted by Gasteiger charge is -2.30. The Labute approximate surface area is 377 Å². The Hall–Kier alpha value is -7.48. The number of esters is 2. The maximum Gasteiger partial charge on any atom is 0.313 e. The van der Waals surface area contributed by atoms with E-state index in [9.17, 15) is 29.4 Å². The lowest BCUT2D eigenvalue weighted by Crippen LogP contribution is -2.29. The van der Waals surface area contributed by atoms with Crippen molar-refractivity contribution in [2.45, 2.75) is 36.9 Å². The molecule has 0 bridgehead atoms. The first-order chi connectivity index (χ1) is 31.4. The van der Waals surface area contributed by atoms with Crippen molar-refractivity contribution in [3.63, 3.8) is 0 Å². The Bertz CT molecular complexity index is 2280. The molecule has 0 heterocycles. The summed E-state index contributed by atoms with van der Waals surface area (Å²) in [4.78, 5) is 50.4. The number of benzene rings is 6. The van der Waals surface area contributed by atoms with Gasteiger partial charge in [0.1, 0.15) is 58.9 Å². The smallest absolute Gasteiger partial charge is 0.313 e. The van der Waals surface area contributed by atoms with Crippen LogP contribution in [0.25, 0.3) is 0 Å². The van der Waals surface area contributed by atoms with Crippen molar-refractivity contribution in [2.75, 3.05) is 41.7 Å². The number of methoxy groups -OCH3 is 4. The maximum atomic E-state index is 12.8. The van der Waals surface area contributed by atoms with Crippen molar-refractivity contribution >= 4 is 23.5 Å². The van der Waals surface area contributed by atoms with E-state index in [1.54, 1.807) is 174 Å². The van der Waals surface area contributed by atoms with Gasteiger partial charge in [0.05, 0.1) is 41.3 Å². The average molecular weight is 883 g/mol. The molecule has 65 heavy (non-hydrogen) atoms. The fraction of sp³-hybridized carbons (Fsp3) is 0.231. The van der Waals surface area contributed by atoms with E-state index in [-0.39, 0.29) is 38.9 Å². The van der Waals surface area contributed by atoms with Crippen molar-refractivity contribution in [2.24, 2.45) is 0 Å². The van der Waals surface area contributed by atoms with Crippen molar-refractivity contribution in [1.29, 1.82) is 0 Å². The van der Waals surface area contributed by atoms with Crippen LogP contribution < -0.4 is 28.4 Å². The van der Waals surface area contributed by atoms with Gasteiger partial charge in [-0.3, -0.25) is 19.2 Å². The van der Waals surface area contributed by atoms with E-state index in [1.807, 2.05) is 0 Å². The maximum absolute atomic E-state index is 12.8. The summed E-state index contributed by atoms with van der Waals surface area (Å²) in [6.45, 7) is -0.762. The molecule has 0 aliphatic rings. The largest absolute Gasteiger partial charge is 0.497 e. The van der Waals surface area contributed by atoms with Crippen LogP contribution in [0, 0.1) is 0 Å². The minimum Gasteiger partial charge on any atom is -0.497 e. The molecule has 13 nitrogen and oxygen atoms in total. The molecule has 0 saturated heterocycles. The first-order valence-electron chi connectivity index (χ1n) is 20.7. The fourth-order valence-electron chi connectivity index (χ4n) is 7.13. The lowest BCUT2D eigenvalue weighted by molar-refractivity contribution is -0.160. The zero-order valence-corrected chi connectivity index (χ0v) is 36.5. The van der Waals surface area contributed by atoms with Crippen molar-refractivity contribution in [1.82, 2.24) is 0 Å². The van der Waals surface area contributed by atoms with Crippen LogP contribution in [0.3, 0.4) is 0 Å². The Morgan fingerprint density at radius 2 is 0.677 bits per heavy atom. The van der Waals surface area contributed by atoms with Gasteiger partial charge in [-0.25, -0.2) is 0 Å². The Morgan fingerprint density at radius 3 is 0.954 bits per heavy atom. The minimum atomic E-state index is -1.62. The van der Waals surface area contributed by atoms with E-state index in [1.165, 1.54) is 0 Å². The number of aliphatic hydroxyl groups is 2. The van der Waals surface area contributed by atoms with Gasteiger partial charge in [-0.1, -0.05) is 72.8 Å². The molecule has 0 saturated carbocycles. The zero-order chi connectivity index (χ0) is 46.4. The highest BCUT2D eigenvalue weighted by atomic mass is 16.6. The zero-order valence-electron chi connectivity index (χ0n) is 36.5. The van der Waals surface area contributed by atoms with Gasteiger partial charge in [0.15, 0.2) is 11.6 Å². The monoisotopic (exact) mass is 882 g/mol. The summed E-state index contributed by atoms with van der Waals surface area (Å²) >= 11 is 0. The van der Waals surface area contributed by atoms with Crippen LogP contribution in [0.2, 0.25) is 0 Å². The standard InChI is InChI=1S/C52H50O13/c1-59-43-21-11-35(12-22-43)51(57,36-13-23-44(60-2)24-14-36)39-7-5-9-47(31-39)63-33-41(53)19-29-49(55)65-50(56)30-20-42(54)34-64-48-10-6-8-40(32-48)52(58,37-15-25-45(61-3)26-16-37)38-17-27-46(62-4)28-18-38/h5-18,21-28,31-32,57-58H,19-20,29-30,33-34H2,1-4H3. The number of ether oxygens (including phenoxy) is 7. The van der Waals surface area contributed by atoms with Crippen molar-refractivity contribution in [3.05, 3.63) is 179 Å². The first-order valence-corrected chi connectivity index (χ1v) is 20.7. The number of hydrogen-bond acceptors (Lipinski definition) is 13. The third kappa shape index (κ3) is 11.6. The molecule has 336 valence electrons. The Kier molecular flexibility index (Phi) is 15.7. The minimum absolute atomic E-state index is 0.259. The number of carbonyl (C=O) groups excluding carboxylic acids is 4. The van der Waals surface area contributed by atoms with Gasteiger partial charge in [-0.15, -0.1) is 0 Å². The molecule has 13 heteroatoms. The van der Waals surface area contributed by atoms with E-state index in [4.69, 9.17) is 33.2 Å². The second-order valence-corrected chi connectivity index (χ2v) is 14.9. The lowest BCUT2D eigenvalue weighted by atomic mass is 9.80. The molecular weight excluding hydrogens is 833 g/mol. The molecule has 6 aromatic rings. The number of rotatable bonds is 22. The van der Waals surface area contributed by atoms with Gasteiger partial charge >= 0.3 is 11.9 Å². The summed E-state index contributed by atoms with van der Waals surface area (Å²) in [5, 5.41) is 24.6. The number of hydrogen-bond donors (Lipinski definition) is 2. The van der Waals surface area contributed by atoms with Gasteiger partial charge in [-0.05, 0) is 106 Å². The van der Waals surface area contributed by atoms with Crippen LogP contribution in [0.1, 0.15) is 59.1 Å². The average Bonchev–Trinajstić information content (AvgIpc) is 3.35. The van der Waals surface area contributed by atoms with Crippen LogP contribution in [0.15, 0.2) is 146 Å². The third-order valence-electron chi connectivity index (χ3n) is 10.8. The van der Waals surface area contributed by atoms with E-state index in [2.05, 4.69) is 0 Å². The Balaban J connectivity index is 0.979. The number of carbonyl (C=O) groups is 4. The summed E-state index contributed by atoms with van der Waals surface area (Å²) in [5.74, 6) is 0.395. The molecule has 0 spiro atoms. The van der Waals surface area contributed by atoms with E-state index in [0.29, 0.717) is 67.9 Å². The van der Waals surface area contributed by atoms with Gasteiger partial charge in [-0.2, -0.15) is 0 Å². The predicted octanol–water partition coefficient (Wildman–Crippen LogP) is 7.52. The highest BCUT2D eigenvalue weighted by molar-refractivity contribution is 5.91. The summed E-state index contributed by atoms with van der Waals surface area (Å²) < 4.78 is 37.6. The molecule has 0 fully saturated rings. The summed E-state index contributed by atoms with van der Waals surface area (Å²) in [6.07, 6.45) is -1.28. The van der Waals surface area contributed by atoms with Crippen LogP contribution in [-0.4, -0.2) is 75.4 Å². The molecule has 0 aliphatic carbocycles. The summed E-state index contributed by atoms with van der Waals surface area (Å²) in [6, 6.07) is 41.5. The number of ketones is 2. The molecule has 2 N–H and O–H groups in total. The molecule has 0 radical (unpaired) electrons. The first kappa shape index (κ1) is 47.0. The molecule has 6 aromatic carbocycles. The summed E-state index contributed by atoms with van der Waals surface area (Å²) in [7, 11) is 6.22. The van der Waals surface area contributed by atoms with Gasteiger partial charge < -0.3 is 43.4 Å².